The Kier molecular flexibility index (Phi) is 3.55. The lowest BCUT2D eigenvalue weighted by Gasteiger charge is -2.14. The third-order valence-corrected chi connectivity index (χ3v) is 4.04. The third kappa shape index (κ3) is 2.47. The van der Waals surface area contributed by atoms with Crippen LogP contribution in [0.1, 0.15) is 17.2 Å². The molecule has 3 aromatic carbocycles. The Morgan fingerprint density at radius 2 is 1.50 bits per heavy atom. The maximum atomic E-state index is 13.3. The smallest absolute Gasteiger partial charge is 0.137 e. The van der Waals surface area contributed by atoms with E-state index in [0.717, 1.165) is 16.5 Å². The predicted octanol–water partition coefficient (Wildman–Crippen LogP) is 4.79. The van der Waals surface area contributed by atoms with E-state index in [4.69, 9.17) is 5.73 Å². The van der Waals surface area contributed by atoms with Crippen LogP contribution in [0.4, 0.5) is 4.39 Å². The first-order chi connectivity index (χ1) is 9.65. The number of nitrogens with two attached hydrogens (primary N) is 1. The Bertz CT molecular complexity index is 770. The number of benzene rings is 3. The number of halogens is 2. The van der Waals surface area contributed by atoms with E-state index in [1.165, 1.54) is 11.5 Å². The predicted molar refractivity (Wildman–Crippen MR) is 84.1 cm³/mol. The Hall–Kier alpha value is -1.71. The molecular formula is C17H13BrFN. The quantitative estimate of drug-likeness (QED) is 0.718. The average molecular weight is 330 g/mol. The van der Waals surface area contributed by atoms with Gasteiger partial charge in [0.15, 0.2) is 0 Å². The van der Waals surface area contributed by atoms with Gasteiger partial charge in [-0.15, -0.1) is 0 Å². The molecule has 0 bridgehead atoms. The second-order valence-corrected chi connectivity index (χ2v) is 5.61. The van der Waals surface area contributed by atoms with Crippen LogP contribution in [0.25, 0.3) is 10.8 Å². The maximum Gasteiger partial charge on any atom is 0.137 e. The van der Waals surface area contributed by atoms with Crippen LogP contribution in [0, 0.1) is 5.82 Å². The molecule has 20 heavy (non-hydrogen) atoms. The van der Waals surface area contributed by atoms with E-state index in [1.54, 1.807) is 12.1 Å². The van der Waals surface area contributed by atoms with Gasteiger partial charge in [0, 0.05) is 0 Å². The molecule has 1 atom stereocenters. The Labute approximate surface area is 125 Å². The van der Waals surface area contributed by atoms with Gasteiger partial charge in [-0.25, -0.2) is 4.39 Å². The van der Waals surface area contributed by atoms with Gasteiger partial charge < -0.3 is 5.73 Å². The van der Waals surface area contributed by atoms with E-state index >= 15 is 0 Å². The Morgan fingerprint density at radius 3 is 2.25 bits per heavy atom. The second-order valence-electron chi connectivity index (χ2n) is 4.76. The van der Waals surface area contributed by atoms with Crippen molar-refractivity contribution in [1.29, 1.82) is 0 Å². The van der Waals surface area contributed by atoms with Gasteiger partial charge in [0.25, 0.3) is 0 Å². The van der Waals surface area contributed by atoms with Crippen molar-refractivity contribution in [1.82, 2.24) is 0 Å². The lowest BCUT2D eigenvalue weighted by atomic mass is 9.97. The van der Waals surface area contributed by atoms with Crippen molar-refractivity contribution < 1.29 is 4.39 Å². The van der Waals surface area contributed by atoms with E-state index in [9.17, 15) is 4.39 Å². The van der Waals surface area contributed by atoms with Crippen LogP contribution in [-0.2, 0) is 0 Å². The van der Waals surface area contributed by atoms with E-state index in [0.29, 0.717) is 4.47 Å². The molecule has 1 unspecified atom stereocenters. The highest BCUT2D eigenvalue weighted by Crippen LogP contribution is 2.26. The molecular weight excluding hydrogens is 317 g/mol. The molecule has 0 saturated heterocycles. The van der Waals surface area contributed by atoms with Gasteiger partial charge >= 0.3 is 0 Å². The van der Waals surface area contributed by atoms with Gasteiger partial charge in [0.2, 0.25) is 0 Å². The number of rotatable bonds is 2. The molecule has 0 heterocycles. The molecule has 3 rings (SSSR count). The molecule has 0 aliphatic rings. The SMILES string of the molecule is NC(c1ccc(F)c(Br)c1)c1ccc2ccccc2c1. The normalized spacial score (nSPS) is 12.6. The molecule has 0 saturated carbocycles. The third-order valence-electron chi connectivity index (χ3n) is 3.44. The summed E-state index contributed by atoms with van der Waals surface area (Å²) in [5, 5.41) is 2.34. The van der Waals surface area contributed by atoms with Gasteiger partial charge in [-0.05, 0) is 56.0 Å². The van der Waals surface area contributed by atoms with Crippen LogP contribution in [-0.4, -0.2) is 0 Å². The number of fused-ring (bicyclic) bond motifs is 1. The fourth-order valence-corrected chi connectivity index (χ4v) is 2.70. The van der Waals surface area contributed by atoms with Crippen LogP contribution in [0.3, 0.4) is 0 Å². The monoisotopic (exact) mass is 329 g/mol. The molecule has 0 aliphatic carbocycles. The van der Waals surface area contributed by atoms with Crippen LogP contribution < -0.4 is 5.73 Å². The highest BCUT2D eigenvalue weighted by Gasteiger charge is 2.11. The lowest BCUT2D eigenvalue weighted by Crippen LogP contribution is -2.11. The fourth-order valence-electron chi connectivity index (χ4n) is 2.30. The molecule has 3 heteroatoms. The van der Waals surface area contributed by atoms with Crippen molar-refractivity contribution in [2.75, 3.05) is 0 Å². The summed E-state index contributed by atoms with van der Waals surface area (Å²) < 4.78 is 13.7. The minimum Gasteiger partial charge on any atom is -0.320 e. The maximum absolute atomic E-state index is 13.3. The summed E-state index contributed by atoms with van der Waals surface area (Å²) in [7, 11) is 0. The standard InChI is InChI=1S/C17H13BrFN/c18-15-10-14(7-8-16(15)19)17(20)13-6-5-11-3-1-2-4-12(11)9-13/h1-10,17H,20H2. The summed E-state index contributed by atoms with van der Waals surface area (Å²) in [6.45, 7) is 0. The Morgan fingerprint density at radius 1 is 0.850 bits per heavy atom. The highest BCUT2D eigenvalue weighted by atomic mass is 79.9. The minimum absolute atomic E-state index is 0.267. The summed E-state index contributed by atoms with van der Waals surface area (Å²) in [5.41, 5.74) is 8.18. The van der Waals surface area contributed by atoms with Gasteiger partial charge in [-0.3, -0.25) is 0 Å². The van der Waals surface area contributed by atoms with Crippen LogP contribution in [0.5, 0.6) is 0 Å². The second kappa shape index (κ2) is 5.35. The zero-order valence-electron chi connectivity index (χ0n) is 10.7. The topological polar surface area (TPSA) is 26.0 Å². The molecule has 0 spiro atoms. The first kappa shape index (κ1) is 13.3. The zero-order valence-corrected chi connectivity index (χ0v) is 12.3. The van der Waals surface area contributed by atoms with Crippen molar-refractivity contribution in [2.24, 2.45) is 5.73 Å². The Balaban J connectivity index is 2.02. The van der Waals surface area contributed by atoms with Crippen molar-refractivity contribution in [3.05, 3.63) is 82.1 Å². The van der Waals surface area contributed by atoms with Crippen LogP contribution >= 0.6 is 15.9 Å². The molecule has 0 radical (unpaired) electrons. The van der Waals surface area contributed by atoms with Crippen LogP contribution in [0.15, 0.2) is 65.1 Å². The zero-order chi connectivity index (χ0) is 14.1. The van der Waals surface area contributed by atoms with Crippen molar-refractivity contribution in [3.8, 4) is 0 Å². The van der Waals surface area contributed by atoms with Crippen molar-refractivity contribution in [2.45, 2.75) is 6.04 Å². The lowest BCUT2D eigenvalue weighted by molar-refractivity contribution is 0.619. The molecule has 0 aromatic heterocycles. The first-order valence-electron chi connectivity index (χ1n) is 6.34. The molecule has 0 fully saturated rings. The van der Waals surface area contributed by atoms with E-state index in [2.05, 4.69) is 40.2 Å². The molecule has 100 valence electrons. The van der Waals surface area contributed by atoms with Gasteiger partial charge in [-0.1, -0.05) is 42.5 Å². The molecule has 1 nitrogen and oxygen atoms in total. The molecule has 0 aliphatic heterocycles. The van der Waals surface area contributed by atoms with Gasteiger partial charge in [-0.2, -0.15) is 0 Å². The first-order valence-corrected chi connectivity index (χ1v) is 7.14. The van der Waals surface area contributed by atoms with Gasteiger partial charge in [0.05, 0.1) is 10.5 Å². The molecule has 3 aromatic rings. The minimum atomic E-state index is -0.278. The fraction of sp³-hybridized carbons (Fsp3) is 0.0588. The van der Waals surface area contributed by atoms with Crippen molar-refractivity contribution >= 4 is 26.7 Å². The molecule has 2 N–H and O–H groups in total. The summed E-state index contributed by atoms with van der Waals surface area (Å²) in [6, 6.07) is 18.9. The van der Waals surface area contributed by atoms with Crippen molar-refractivity contribution in [3.63, 3.8) is 0 Å². The van der Waals surface area contributed by atoms with E-state index in [-0.39, 0.29) is 11.9 Å². The average Bonchev–Trinajstić information content (AvgIpc) is 2.49. The van der Waals surface area contributed by atoms with Gasteiger partial charge in [0.1, 0.15) is 5.82 Å². The highest BCUT2D eigenvalue weighted by molar-refractivity contribution is 9.10. The number of hydrogen-bond acceptors (Lipinski definition) is 1. The van der Waals surface area contributed by atoms with Crippen LogP contribution in [0.2, 0.25) is 0 Å². The summed E-state index contributed by atoms with van der Waals surface area (Å²) >= 11 is 3.20. The molecule has 0 amide bonds. The summed E-state index contributed by atoms with van der Waals surface area (Å²) in [4.78, 5) is 0. The van der Waals surface area contributed by atoms with E-state index < -0.39 is 0 Å². The number of hydrogen-bond donors (Lipinski definition) is 1. The van der Waals surface area contributed by atoms with E-state index in [1.807, 2.05) is 18.2 Å². The largest absolute Gasteiger partial charge is 0.320 e. The summed E-state index contributed by atoms with van der Waals surface area (Å²) in [6.07, 6.45) is 0. The summed E-state index contributed by atoms with van der Waals surface area (Å²) in [5.74, 6) is -0.278.